The molecule has 1 spiro atoms. The number of piperidine rings is 1. The largest absolute Gasteiger partial charge is 0.390 e. The van der Waals surface area contributed by atoms with Crippen molar-refractivity contribution in [2.24, 2.45) is 5.73 Å². The van der Waals surface area contributed by atoms with Crippen LogP contribution in [0.5, 0.6) is 0 Å². The van der Waals surface area contributed by atoms with Crippen LogP contribution in [0.3, 0.4) is 0 Å². The molecule has 4 N–H and O–H groups in total. The summed E-state index contributed by atoms with van der Waals surface area (Å²) in [6.07, 6.45) is 3.29. The molecule has 0 aromatic carbocycles. The Labute approximate surface area is 127 Å². The second-order valence-electron chi connectivity index (χ2n) is 5.95. The minimum atomic E-state index is -0.804. The molecule has 120 valence electrons. The fourth-order valence-electron chi connectivity index (χ4n) is 3.07. The van der Waals surface area contributed by atoms with Crippen molar-refractivity contribution < 1.29 is 19.7 Å². The molecule has 0 unspecified atom stereocenters. The highest BCUT2D eigenvalue weighted by molar-refractivity contribution is 5.90. The number of aliphatic hydroxyl groups excluding tert-OH is 2. The third kappa shape index (κ3) is 2.90. The van der Waals surface area contributed by atoms with Crippen molar-refractivity contribution in [2.75, 3.05) is 24.6 Å². The summed E-state index contributed by atoms with van der Waals surface area (Å²) in [4.78, 5) is 21.4. The Bertz CT molecular complexity index is 560. The molecule has 3 rings (SSSR count). The van der Waals surface area contributed by atoms with Gasteiger partial charge in [-0.2, -0.15) is 0 Å². The molecule has 0 radical (unpaired) electrons. The van der Waals surface area contributed by atoms with Crippen molar-refractivity contribution in [1.82, 2.24) is 9.97 Å². The Morgan fingerprint density at radius 2 is 2.05 bits per heavy atom. The maximum atomic E-state index is 11.2. The van der Waals surface area contributed by atoms with Gasteiger partial charge in [-0.1, -0.05) is 0 Å². The second kappa shape index (κ2) is 5.79. The fraction of sp³-hybridized carbons (Fsp3) is 0.643. The van der Waals surface area contributed by atoms with Crippen LogP contribution in [0, 0.1) is 0 Å². The van der Waals surface area contributed by atoms with Gasteiger partial charge in [-0.05, 0) is 12.8 Å². The van der Waals surface area contributed by atoms with Crippen molar-refractivity contribution in [3.63, 3.8) is 0 Å². The van der Waals surface area contributed by atoms with E-state index < -0.39 is 18.1 Å². The summed E-state index contributed by atoms with van der Waals surface area (Å²) in [5, 5.41) is 19.4. The molecule has 1 aromatic rings. The minimum absolute atomic E-state index is 0.144. The molecular weight excluding hydrogens is 288 g/mol. The van der Waals surface area contributed by atoms with Crippen LogP contribution in [0.15, 0.2) is 12.4 Å². The van der Waals surface area contributed by atoms with E-state index in [-0.39, 0.29) is 17.9 Å². The Hall–Kier alpha value is -1.77. The summed E-state index contributed by atoms with van der Waals surface area (Å²) in [7, 11) is 0. The van der Waals surface area contributed by atoms with Gasteiger partial charge in [0.1, 0.15) is 17.6 Å². The average Bonchev–Trinajstić information content (AvgIpc) is 2.52. The minimum Gasteiger partial charge on any atom is -0.390 e. The molecule has 2 atom stereocenters. The van der Waals surface area contributed by atoms with Crippen molar-refractivity contribution in [3.8, 4) is 0 Å². The van der Waals surface area contributed by atoms with E-state index in [2.05, 4.69) is 9.97 Å². The zero-order valence-electron chi connectivity index (χ0n) is 12.2. The van der Waals surface area contributed by atoms with Crippen molar-refractivity contribution in [1.29, 1.82) is 0 Å². The molecule has 2 saturated heterocycles. The topological polar surface area (TPSA) is 122 Å². The third-order valence-corrected chi connectivity index (χ3v) is 4.46. The van der Waals surface area contributed by atoms with Crippen LogP contribution in [0.4, 0.5) is 5.82 Å². The number of aliphatic hydroxyl groups is 2. The van der Waals surface area contributed by atoms with Gasteiger partial charge in [-0.3, -0.25) is 9.78 Å². The van der Waals surface area contributed by atoms with Gasteiger partial charge in [0.15, 0.2) is 0 Å². The van der Waals surface area contributed by atoms with E-state index >= 15 is 0 Å². The first-order chi connectivity index (χ1) is 10.5. The highest BCUT2D eigenvalue weighted by Gasteiger charge is 2.43. The molecule has 0 aliphatic carbocycles. The number of primary amides is 1. The number of hydrogen-bond acceptors (Lipinski definition) is 7. The molecule has 22 heavy (non-hydrogen) atoms. The lowest BCUT2D eigenvalue weighted by Crippen LogP contribution is -2.54. The molecule has 1 aromatic heterocycles. The predicted molar refractivity (Wildman–Crippen MR) is 77.3 cm³/mol. The van der Waals surface area contributed by atoms with Gasteiger partial charge >= 0.3 is 0 Å². The smallest absolute Gasteiger partial charge is 0.268 e. The van der Waals surface area contributed by atoms with Crippen molar-refractivity contribution in [2.45, 2.75) is 37.1 Å². The number of amides is 1. The van der Waals surface area contributed by atoms with E-state index in [4.69, 9.17) is 10.5 Å². The van der Waals surface area contributed by atoms with Crippen LogP contribution in [0.1, 0.15) is 29.8 Å². The van der Waals surface area contributed by atoms with Gasteiger partial charge in [-0.25, -0.2) is 4.98 Å². The lowest BCUT2D eigenvalue weighted by atomic mass is 9.82. The number of anilines is 1. The SMILES string of the molecule is NC(=O)c1cncc(N2CCC3(CC2)C[C@@H](O)[C@@H](O)CO3)n1. The number of aromatic nitrogens is 2. The van der Waals surface area contributed by atoms with Gasteiger partial charge < -0.3 is 25.6 Å². The number of nitrogens with zero attached hydrogens (tertiary/aromatic N) is 3. The predicted octanol–water partition coefficient (Wildman–Crippen LogP) is -0.943. The first-order valence-corrected chi connectivity index (χ1v) is 7.36. The molecule has 3 heterocycles. The van der Waals surface area contributed by atoms with Gasteiger partial charge in [0.2, 0.25) is 0 Å². The normalized spacial score (nSPS) is 27.8. The number of ether oxygens (including phenoxy) is 1. The highest BCUT2D eigenvalue weighted by Crippen LogP contribution is 2.36. The first-order valence-electron chi connectivity index (χ1n) is 7.36. The summed E-state index contributed by atoms with van der Waals surface area (Å²) in [6, 6.07) is 0. The van der Waals surface area contributed by atoms with E-state index in [9.17, 15) is 15.0 Å². The zero-order chi connectivity index (χ0) is 15.7. The quantitative estimate of drug-likeness (QED) is 0.644. The van der Waals surface area contributed by atoms with Gasteiger partial charge in [0.25, 0.3) is 5.91 Å². The number of carbonyl (C=O) groups excluding carboxylic acids is 1. The van der Waals surface area contributed by atoms with Crippen molar-refractivity contribution >= 4 is 11.7 Å². The maximum absolute atomic E-state index is 11.2. The average molecular weight is 308 g/mol. The molecule has 8 nitrogen and oxygen atoms in total. The molecular formula is C14H20N4O4. The maximum Gasteiger partial charge on any atom is 0.268 e. The van der Waals surface area contributed by atoms with E-state index in [1.165, 1.54) is 6.20 Å². The molecule has 0 bridgehead atoms. The summed E-state index contributed by atoms with van der Waals surface area (Å²) >= 11 is 0. The summed E-state index contributed by atoms with van der Waals surface area (Å²) < 4.78 is 5.79. The monoisotopic (exact) mass is 308 g/mol. The van der Waals surface area contributed by atoms with Crippen LogP contribution >= 0.6 is 0 Å². The summed E-state index contributed by atoms with van der Waals surface area (Å²) in [6.45, 7) is 1.53. The Morgan fingerprint density at radius 1 is 1.32 bits per heavy atom. The lowest BCUT2D eigenvalue weighted by Gasteiger charge is -2.46. The Kier molecular flexibility index (Phi) is 3.98. The fourth-order valence-corrected chi connectivity index (χ4v) is 3.07. The van der Waals surface area contributed by atoms with Crippen molar-refractivity contribution in [3.05, 3.63) is 18.1 Å². The van der Waals surface area contributed by atoms with E-state index in [0.717, 1.165) is 12.8 Å². The molecule has 2 aliphatic rings. The second-order valence-corrected chi connectivity index (χ2v) is 5.95. The first kappa shape index (κ1) is 15.1. The van der Waals surface area contributed by atoms with E-state index in [1.54, 1.807) is 6.20 Å². The summed E-state index contributed by atoms with van der Waals surface area (Å²) in [5.41, 5.74) is 4.98. The Balaban J connectivity index is 1.67. The number of carbonyl (C=O) groups is 1. The van der Waals surface area contributed by atoms with Crippen LogP contribution < -0.4 is 10.6 Å². The van der Waals surface area contributed by atoms with Crippen LogP contribution in [0.25, 0.3) is 0 Å². The van der Waals surface area contributed by atoms with Gasteiger partial charge in [0.05, 0.1) is 30.7 Å². The Morgan fingerprint density at radius 3 is 2.68 bits per heavy atom. The number of nitrogens with two attached hydrogens (primary N) is 1. The lowest BCUT2D eigenvalue weighted by molar-refractivity contribution is -0.178. The third-order valence-electron chi connectivity index (χ3n) is 4.46. The summed E-state index contributed by atoms with van der Waals surface area (Å²) in [5.74, 6) is 0.0121. The van der Waals surface area contributed by atoms with Crippen LogP contribution in [-0.4, -0.2) is 63.6 Å². The van der Waals surface area contributed by atoms with Gasteiger partial charge in [-0.15, -0.1) is 0 Å². The molecule has 8 heteroatoms. The molecule has 2 aliphatic heterocycles. The molecule has 0 saturated carbocycles. The van der Waals surface area contributed by atoms with Crippen LogP contribution in [0.2, 0.25) is 0 Å². The van der Waals surface area contributed by atoms with Crippen LogP contribution in [-0.2, 0) is 4.74 Å². The van der Waals surface area contributed by atoms with E-state index in [1.807, 2.05) is 4.90 Å². The van der Waals surface area contributed by atoms with E-state index in [0.29, 0.717) is 25.3 Å². The van der Waals surface area contributed by atoms with Gasteiger partial charge in [0, 0.05) is 19.5 Å². The molecule has 2 fully saturated rings. The number of hydrogen-bond donors (Lipinski definition) is 3. The molecule has 1 amide bonds. The highest BCUT2D eigenvalue weighted by atomic mass is 16.5. The zero-order valence-corrected chi connectivity index (χ0v) is 12.2. The number of rotatable bonds is 2. The standard InChI is InChI=1S/C14H20N4O4/c15-13(21)9-6-16-7-12(17-9)18-3-1-14(2-4-18)5-10(19)11(20)8-22-14/h6-7,10-11,19-20H,1-5,8H2,(H2,15,21)/t10-,11+/m1/s1.